The molecule has 0 atom stereocenters. The lowest BCUT2D eigenvalue weighted by atomic mass is 10.2. The molecule has 0 unspecified atom stereocenters. The Labute approximate surface area is 131 Å². The molecule has 0 spiro atoms. The number of aryl methyl sites for hydroxylation is 1. The molecule has 0 amide bonds. The van der Waals surface area contributed by atoms with Gasteiger partial charge in [0.15, 0.2) is 11.8 Å². The van der Waals surface area contributed by atoms with Gasteiger partial charge in [-0.25, -0.2) is 4.99 Å². The summed E-state index contributed by atoms with van der Waals surface area (Å²) in [5, 5.41) is 14.6. The van der Waals surface area contributed by atoms with Gasteiger partial charge in [0.05, 0.1) is 13.1 Å². The van der Waals surface area contributed by atoms with Gasteiger partial charge >= 0.3 is 0 Å². The van der Waals surface area contributed by atoms with Crippen LogP contribution in [0.2, 0.25) is 0 Å². The predicted octanol–water partition coefficient (Wildman–Crippen LogP) is 1.71. The van der Waals surface area contributed by atoms with E-state index in [1.807, 2.05) is 29.8 Å². The van der Waals surface area contributed by atoms with Crippen molar-refractivity contribution in [1.82, 2.24) is 25.4 Å². The van der Waals surface area contributed by atoms with Crippen LogP contribution in [-0.4, -0.2) is 27.3 Å². The van der Waals surface area contributed by atoms with Gasteiger partial charge in [-0.15, -0.1) is 10.2 Å². The van der Waals surface area contributed by atoms with Crippen LogP contribution in [0.4, 0.5) is 0 Å². The van der Waals surface area contributed by atoms with E-state index >= 15 is 0 Å². The maximum Gasteiger partial charge on any atom is 0.191 e. The maximum atomic E-state index is 4.63. The van der Waals surface area contributed by atoms with Gasteiger partial charge in [-0.2, -0.15) is 0 Å². The summed E-state index contributed by atoms with van der Waals surface area (Å²) in [6.45, 7) is 6.46. The number of rotatable bonds is 6. The van der Waals surface area contributed by atoms with Crippen molar-refractivity contribution in [3.8, 4) is 0 Å². The van der Waals surface area contributed by atoms with E-state index in [4.69, 9.17) is 0 Å². The van der Waals surface area contributed by atoms with Gasteiger partial charge in [-0.3, -0.25) is 0 Å². The molecule has 22 heavy (non-hydrogen) atoms. The normalized spacial score (nSPS) is 11.7. The third-order valence-corrected chi connectivity index (χ3v) is 3.16. The quantitative estimate of drug-likeness (QED) is 0.629. The molecular formula is C16H24N6. The smallest absolute Gasteiger partial charge is 0.191 e. The second kappa shape index (κ2) is 8.17. The van der Waals surface area contributed by atoms with E-state index in [-0.39, 0.29) is 0 Å². The molecule has 2 N–H and O–H groups in total. The highest BCUT2D eigenvalue weighted by Gasteiger charge is 2.04. The number of hydrogen-bond donors (Lipinski definition) is 2. The summed E-state index contributed by atoms with van der Waals surface area (Å²) in [5.74, 6) is 2.22. The monoisotopic (exact) mass is 300 g/mol. The Bertz CT molecular complexity index is 588. The summed E-state index contributed by atoms with van der Waals surface area (Å²) >= 11 is 0. The Morgan fingerprint density at radius 2 is 2.00 bits per heavy atom. The van der Waals surface area contributed by atoms with Crippen LogP contribution in [0, 0.1) is 5.92 Å². The summed E-state index contributed by atoms with van der Waals surface area (Å²) in [4.78, 5) is 4.63. The van der Waals surface area contributed by atoms with Crippen molar-refractivity contribution in [1.29, 1.82) is 0 Å². The van der Waals surface area contributed by atoms with E-state index in [9.17, 15) is 0 Å². The van der Waals surface area contributed by atoms with Crippen LogP contribution in [0.25, 0.3) is 0 Å². The Hall–Kier alpha value is -2.37. The first-order valence-corrected chi connectivity index (χ1v) is 7.54. The average molecular weight is 300 g/mol. The second-order valence-corrected chi connectivity index (χ2v) is 5.64. The molecule has 0 bridgehead atoms. The summed E-state index contributed by atoms with van der Waals surface area (Å²) in [5.41, 5.74) is 1.19. The highest BCUT2D eigenvalue weighted by molar-refractivity contribution is 5.79. The van der Waals surface area contributed by atoms with Gasteiger partial charge in [0.25, 0.3) is 0 Å². The van der Waals surface area contributed by atoms with Gasteiger partial charge in [-0.05, 0) is 11.5 Å². The number of guanidine groups is 1. The maximum absolute atomic E-state index is 4.63. The van der Waals surface area contributed by atoms with Crippen molar-refractivity contribution in [2.24, 2.45) is 18.0 Å². The number of aromatic nitrogens is 3. The van der Waals surface area contributed by atoms with E-state index < -0.39 is 0 Å². The van der Waals surface area contributed by atoms with Gasteiger partial charge in [0.2, 0.25) is 0 Å². The fourth-order valence-electron chi connectivity index (χ4n) is 1.86. The number of nitrogens with one attached hydrogen (secondary N) is 2. The fraction of sp³-hybridized carbons (Fsp3) is 0.438. The first-order valence-electron chi connectivity index (χ1n) is 7.54. The average Bonchev–Trinajstić information content (AvgIpc) is 2.92. The van der Waals surface area contributed by atoms with Crippen LogP contribution >= 0.6 is 0 Å². The molecule has 0 fully saturated rings. The van der Waals surface area contributed by atoms with E-state index in [0.29, 0.717) is 19.0 Å². The molecule has 0 saturated heterocycles. The largest absolute Gasteiger partial charge is 0.356 e. The molecule has 0 saturated carbocycles. The lowest BCUT2D eigenvalue weighted by Gasteiger charge is -2.14. The zero-order valence-corrected chi connectivity index (χ0v) is 13.5. The third-order valence-electron chi connectivity index (χ3n) is 3.16. The molecule has 2 rings (SSSR count). The van der Waals surface area contributed by atoms with E-state index in [0.717, 1.165) is 18.3 Å². The van der Waals surface area contributed by atoms with Crippen molar-refractivity contribution < 1.29 is 0 Å². The molecule has 1 aromatic carbocycles. The van der Waals surface area contributed by atoms with Gasteiger partial charge in [0.1, 0.15) is 6.33 Å². The molecular weight excluding hydrogens is 276 g/mol. The molecule has 1 heterocycles. The summed E-state index contributed by atoms with van der Waals surface area (Å²) in [6.07, 6.45) is 1.69. The Morgan fingerprint density at radius 1 is 1.23 bits per heavy atom. The van der Waals surface area contributed by atoms with Crippen LogP contribution in [0.1, 0.15) is 25.2 Å². The van der Waals surface area contributed by atoms with Crippen LogP contribution in [0.3, 0.4) is 0 Å². The number of hydrogen-bond acceptors (Lipinski definition) is 3. The Balaban J connectivity index is 1.97. The standard InChI is InChI=1S/C16H24N6/c1-13(2)9-17-16(18-10-14-7-5-4-6-8-14)19-11-15-21-20-12-22(15)3/h4-8,12-13H,9-11H2,1-3H3,(H2,17,18,19). The van der Waals surface area contributed by atoms with Crippen molar-refractivity contribution in [3.05, 3.63) is 48.0 Å². The molecule has 118 valence electrons. The Kier molecular flexibility index (Phi) is 5.94. The molecule has 6 nitrogen and oxygen atoms in total. The molecule has 1 aromatic heterocycles. The van der Waals surface area contributed by atoms with Crippen molar-refractivity contribution in [2.75, 3.05) is 6.54 Å². The van der Waals surface area contributed by atoms with Gasteiger partial charge in [-0.1, -0.05) is 44.2 Å². The minimum atomic E-state index is 0.554. The first-order chi connectivity index (χ1) is 10.6. The molecule has 0 aliphatic rings. The van der Waals surface area contributed by atoms with E-state index in [2.05, 4.69) is 51.8 Å². The van der Waals surface area contributed by atoms with Crippen LogP contribution < -0.4 is 10.6 Å². The van der Waals surface area contributed by atoms with E-state index in [1.165, 1.54) is 5.56 Å². The lowest BCUT2D eigenvalue weighted by Crippen LogP contribution is -2.39. The fourth-order valence-corrected chi connectivity index (χ4v) is 1.86. The van der Waals surface area contributed by atoms with E-state index in [1.54, 1.807) is 6.33 Å². The molecule has 0 radical (unpaired) electrons. The highest BCUT2D eigenvalue weighted by atomic mass is 15.3. The van der Waals surface area contributed by atoms with Gasteiger partial charge in [0, 0.05) is 13.6 Å². The second-order valence-electron chi connectivity index (χ2n) is 5.64. The van der Waals surface area contributed by atoms with Crippen LogP contribution in [0.15, 0.2) is 41.7 Å². The number of aliphatic imine (C=N–C) groups is 1. The topological polar surface area (TPSA) is 67.1 Å². The summed E-state index contributed by atoms with van der Waals surface area (Å²) in [7, 11) is 1.93. The zero-order valence-electron chi connectivity index (χ0n) is 13.5. The minimum Gasteiger partial charge on any atom is -0.356 e. The van der Waals surface area contributed by atoms with Crippen LogP contribution in [-0.2, 0) is 20.1 Å². The predicted molar refractivity (Wildman–Crippen MR) is 88.3 cm³/mol. The van der Waals surface area contributed by atoms with Crippen LogP contribution in [0.5, 0.6) is 0 Å². The first kappa shape index (κ1) is 16.0. The van der Waals surface area contributed by atoms with Crippen molar-refractivity contribution in [3.63, 3.8) is 0 Å². The van der Waals surface area contributed by atoms with Crippen molar-refractivity contribution in [2.45, 2.75) is 26.9 Å². The molecule has 0 aliphatic carbocycles. The third kappa shape index (κ3) is 5.20. The molecule has 2 aromatic rings. The minimum absolute atomic E-state index is 0.554. The zero-order chi connectivity index (χ0) is 15.8. The lowest BCUT2D eigenvalue weighted by molar-refractivity contribution is 0.610. The van der Waals surface area contributed by atoms with Crippen molar-refractivity contribution >= 4 is 5.96 Å². The molecule has 0 aliphatic heterocycles. The summed E-state index contributed by atoms with van der Waals surface area (Å²) in [6, 6.07) is 10.2. The highest BCUT2D eigenvalue weighted by Crippen LogP contribution is 2.00. The number of nitrogens with zero attached hydrogens (tertiary/aromatic N) is 4. The summed E-state index contributed by atoms with van der Waals surface area (Å²) < 4.78 is 1.89. The number of benzene rings is 1. The molecule has 6 heteroatoms. The SMILES string of the molecule is CC(C)CNC(=NCc1ccccc1)NCc1nncn1C. The van der Waals surface area contributed by atoms with Gasteiger partial charge < -0.3 is 15.2 Å². The Morgan fingerprint density at radius 3 is 2.64 bits per heavy atom.